The van der Waals surface area contributed by atoms with Crippen LogP contribution in [0.4, 0.5) is 0 Å². The highest BCUT2D eigenvalue weighted by molar-refractivity contribution is 5.26. The van der Waals surface area contributed by atoms with Crippen molar-refractivity contribution in [2.75, 3.05) is 0 Å². The quantitative estimate of drug-likeness (QED) is 0.850. The summed E-state index contributed by atoms with van der Waals surface area (Å²) >= 11 is 0. The molecule has 0 bridgehead atoms. The van der Waals surface area contributed by atoms with Crippen LogP contribution in [0.15, 0.2) is 32.6 Å². The van der Waals surface area contributed by atoms with Gasteiger partial charge in [0.15, 0.2) is 0 Å². The van der Waals surface area contributed by atoms with Crippen LogP contribution in [0.25, 0.3) is 0 Å². The first kappa shape index (κ1) is 12.2. The first-order valence-corrected chi connectivity index (χ1v) is 5.57. The number of aromatic amines is 1. The molecule has 2 N–H and O–H groups in total. The summed E-state index contributed by atoms with van der Waals surface area (Å²) in [6, 6.07) is 1.69. The lowest BCUT2D eigenvalue weighted by Gasteiger charge is -2.12. The van der Waals surface area contributed by atoms with Crippen molar-refractivity contribution in [3.05, 3.63) is 50.6 Å². The van der Waals surface area contributed by atoms with E-state index >= 15 is 0 Å². The average Bonchev–Trinajstić information content (AvgIpc) is 2.75. The van der Waals surface area contributed by atoms with Gasteiger partial charge in [-0.1, -0.05) is 13.8 Å². The Hall–Kier alpha value is -2.24. The van der Waals surface area contributed by atoms with E-state index in [0.717, 1.165) is 10.1 Å². The Bertz CT molecular complexity index is 650. The molecule has 0 aromatic carbocycles. The number of aromatic hydroxyl groups is 1. The topological polar surface area (TPSA) is 88.2 Å². The number of rotatable bonds is 3. The van der Waals surface area contributed by atoms with Crippen LogP contribution in [-0.4, -0.2) is 14.7 Å². The monoisotopic (exact) mass is 250 g/mol. The fourth-order valence-electron chi connectivity index (χ4n) is 1.81. The molecule has 0 aliphatic rings. The van der Waals surface area contributed by atoms with Crippen molar-refractivity contribution in [2.24, 2.45) is 0 Å². The molecule has 2 heterocycles. The Morgan fingerprint density at radius 2 is 2.17 bits per heavy atom. The molecule has 0 aliphatic heterocycles. The van der Waals surface area contributed by atoms with Crippen LogP contribution in [0.2, 0.25) is 0 Å². The SMILES string of the molecule is CC(C)c1c(O)n(Cc2ccoc2)c(=O)[nH]c1=O. The van der Waals surface area contributed by atoms with E-state index in [1.165, 1.54) is 12.5 Å². The highest BCUT2D eigenvalue weighted by Crippen LogP contribution is 2.20. The van der Waals surface area contributed by atoms with Crippen LogP contribution in [0.5, 0.6) is 5.88 Å². The van der Waals surface area contributed by atoms with Crippen molar-refractivity contribution in [1.29, 1.82) is 0 Å². The molecule has 2 rings (SSSR count). The van der Waals surface area contributed by atoms with Crippen molar-refractivity contribution in [1.82, 2.24) is 9.55 Å². The van der Waals surface area contributed by atoms with Crippen LogP contribution in [-0.2, 0) is 6.54 Å². The third kappa shape index (κ3) is 2.09. The molecule has 0 spiro atoms. The molecular weight excluding hydrogens is 236 g/mol. The molecule has 0 radical (unpaired) electrons. The number of furan rings is 1. The van der Waals surface area contributed by atoms with E-state index in [-0.39, 0.29) is 23.9 Å². The zero-order valence-corrected chi connectivity index (χ0v) is 10.1. The number of nitrogens with zero attached hydrogens (tertiary/aromatic N) is 1. The summed E-state index contributed by atoms with van der Waals surface area (Å²) in [6.07, 6.45) is 2.96. The summed E-state index contributed by atoms with van der Waals surface area (Å²) in [6.45, 7) is 3.70. The zero-order chi connectivity index (χ0) is 13.3. The largest absolute Gasteiger partial charge is 0.494 e. The van der Waals surface area contributed by atoms with E-state index in [0.29, 0.717) is 0 Å². The van der Waals surface area contributed by atoms with E-state index < -0.39 is 11.2 Å². The van der Waals surface area contributed by atoms with Crippen molar-refractivity contribution in [2.45, 2.75) is 26.3 Å². The minimum Gasteiger partial charge on any atom is -0.494 e. The lowest BCUT2D eigenvalue weighted by Crippen LogP contribution is -2.32. The van der Waals surface area contributed by atoms with Gasteiger partial charge < -0.3 is 9.52 Å². The van der Waals surface area contributed by atoms with Gasteiger partial charge in [-0.15, -0.1) is 0 Å². The van der Waals surface area contributed by atoms with Gasteiger partial charge in [0, 0.05) is 5.56 Å². The summed E-state index contributed by atoms with van der Waals surface area (Å²) in [5.41, 5.74) is -0.244. The minimum atomic E-state index is -0.636. The number of H-pyrrole nitrogens is 1. The van der Waals surface area contributed by atoms with Crippen molar-refractivity contribution in [3.8, 4) is 5.88 Å². The van der Waals surface area contributed by atoms with E-state index in [9.17, 15) is 14.7 Å². The Morgan fingerprint density at radius 3 is 2.72 bits per heavy atom. The molecule has 2 aromatic rings. The molecule has 6 heteroatoms. The summed E-state index contributed by atoms with van der Waals surface area (Å²) in [7, 11) is 0. The maximum atomic E-state index is 11.7. The third-order valence-corrected chi connectivity index (χ3v) is 2.70. The van der Waals surface area contributed by atoms with Gasteiger partial charge >= 0.3 is 5.69 Å². The van der Waals surface area contributed by atoms with E-state index in [2.05, 4.69) is 4.98 Å². The third-order valence-electron chi connectivity index (χ3n) is 2.70. The predicted octanol–water partition coefficient (Wildman–Crippen LogP) is 1.01. The molecule has 0 saturated carbocycles. The Morgan fingerprint density at radius 1 is 1.44 bits per heavy atom. The Labute approximate surface area is 103 Å². The molecule has 0 saturated heterocycles. The van der Waals surface area contributed by atoms with Gasteiger partial charge in [0.2, 0.25) is 5.88 Å². The molecule has 0 aliphatic carbocycles. The second-order valence-electron chi connectivity index (χ2n) is 4.37. The van der Waals surface area contributed by atoms with Gasteiger partial charge in [-0.2, -0.15) is 0 Å². The minimum absolute atomic E-state index is 0.150. The molecule has 18 heavy (non-hydrogen) atoms. The summed E-state index contributed by atoms with van der Waals surface area (Å²) in [4.78, 5) is 25.5. The van der Waals surface area contributed by atoms with Gasteiger partial charge in [0.1, 0.15) is 0 Å². The Kier molecular flexibility index (Phi) is 3.10. The van der Waals surface area contributed by atoms with Gasteiger partial charge in [-0.3, -0.25) is 14.3 Å². The smallest absolute Gasteiger partial charge is 0.331 e. The van der Waals surface area contributed by atoms with Crippen molar-refractivity contribution in [3.63, 3.8) is 0 Å². The molecule has 96 valence electrons. The molecule has 0 unspecified atom stereocenters. The summed E-state index contributed by atoms with van der Waals surface area (Å²) in [5.74, 6) is -0.468. The second kappa shape index (κ2) is 4.56. The fraction of sp³-hybridized carbons (Fsp3) is 0.333. The van der Waals surface area contributed by atoms with E-state index in [1.54, 1.807) is 19.9 Å². The van der Waals surface area contributed by atoms with Crippen molar-refractivity contribution < 1.29 is 9.52 Å². The van der Waals surface area contributed by atoms with E-state index in [1.807, 2.05) is 0 Å². The molecule has 0 atom stereocenters. The number of hydrogen-bond donors (Lipinski definition) is 2. The summed E-state index contributed by atoms with van der Waals surface area (Å²) < 4.78 is 6.01. The second-order valence-corrected chi connectivity index (χ2v) is 4.37. The van der Waals surface area contributed by atoms with Gasteiger partial charge in [-0.25, -0.2) is 4.79 Å². The molecule has 0 amide bonds. The zero-order valence-electron chi connectivity index (χ0n) is 10.1. The molecule has 0 fully saturated rings. The van der Waals surface area contributed by atoms with Gasteiger partial charge in [0.25, 0.3) is 5.56 Å². The highest BCUT2D eigenvalue weighted by atomic mass is 16.3. The fourth-order valence-corrected chi connectivity index (χ4v) is 1.81. The van der Waals surface area contributed by atoms with Crippen molar-refractivity contribution >= 4 is 0 Å². The maximum Gasteiger partial charge on any atom is 0.331 e. The predicted molar refractivity (Wildman–Crippen MR) is 64.9 cm³/mol. The molecule has 6 nitrogen and oxygen atoms in total. The lowest BCUT2D eigenvalue weighted by atomic mass is 10.1. The number of hydrogen-bond acceptors (Lipinski definition) is 4. The number of aromatic nitrogens is 2. The van der Waals surface area contributed by atoms with E-state index in [4.69, 9.17) is 4.42 Å². The standard InChI is InChI=1S/C12H14N2O4/c1-7(2)9-10(15)13-12(17)14(11(9)16)5-8-3-4-18-6-8/h3-4,6-7,16H,5H2,1-2H3,(H,13,15,17). The highest BCUT2D eigenvalue weighted by Gasteiger charge is 2.17. The Balaban J connectivity index is 2.57. The van der Waals surface area contributed by atoms with Crippen LogP contribution in [0, 0.1) is 0 Å². The normalized spacial score (nSPS) is 11.1. The summed E-state index contributed by atoms with van der Waals surface area (Å²) in [5, 5.41) is 10.0. The van der Waals surface area contributed by atoms with Crippen LogP contribution < -0.4 is 11.2 Å². The van der Waals surface area contributed by atoms with Crippen LogP contribution >= 0.6 is 0 Å². The number of nitrogens with one attached hydrogen (secondary N) is 1. The maximum absolute atomic E-state index is 11.7. The lowest BCUT2D eigenvalue weighted by molar-refractivity contribution is 0.397. The average molecular weight is 250 g/mol. The first-order chi connectivity index (χ1) is 8.50. The van der Waals surface area contributed by atoms with Crippen LogP contribution in [0.3, 0.4) is 0 Å². The molecular formula is C12H14N2O4. The van der Waals surface area contributed by atoms with Gasteiger partial charge in [0.05, 0.1) is 24.6 Å². The van der Waals surface area contributed by atoms with Gasteiger partial charge in [-0.05, 0) is 12.0 Å². The van der Waals surface area contributed by atoms with Crippen LogP contribution in [0.1, 0.15) is 30.9 Å². The molecule has 2 aromatic heterocycles. The first-order valence-electron chi connectivity index (χ1n) is 5.57.